The van der Waals surface area contributed by atoms with E-state index in [0.29, 0.717) is 5.92 Å². The van der Waals surface area contributed by atoms with Crippen molar-refractivity contribution in [2.45, 2.75) is 45.6 Å². The molecule has 1 aliphatic heterocycles. The Hall–Kier alpha value is -1.95. The van der Waals surface area contributed by atoms with E-state index in [0.717, 1.165) is 44.1 Å². The van der Waals surface area contributed by atoms with Crippen molar-refractivity contribution in [3.63, 3.8) is 0 Å². The van der Waals surface area contributed by atoms with Crippen LogP contribution in [0.25, 0.3) is 0 Å². The maximum Gasteiger partial charge on any atom is 0.130 e. The Labute approximate surface area is 137 Å². The highest BCUT2D eigenvalue weighted by Gasteiger charge is 2.18. The lowest BCUT2D eigenvalue weighted by molar-refractivity contribution is 0.452. The fraction of sp³-hybridized carbons (Fsp3) is 0.588. The van der Waals surface area contributed by atoms with E-state index in [1.165, 1.54) is 11.3 Å². The topological polar surface area (TPSA) is 67.7 Å². The largest absolute Gasteiger partial charge is 0.368 e. The van der Waals surface area contributed by atoms with Crippen molar-refractivity contribution in [3.8, 4) is 0 Å². The molecule has 1 saturated heterocycles. The van der Waals surface area contributed by atoms with Gasteiger partial charge in [-0.1, -0.05) is 0 Å². The van der Waals surface area contributed by atoms with Gasteiger partial charge < -0.3 is 10.6 Å². The highest BCUT2D eigenvalue weighted by Crippen LogP contribution is 2.25. The second-order valence-corrected chi connectivity index (χ2v) is 6.48. The summed E-state index contributed by atoms with van der Waals surface area (Å²) in [4.78, 5) is 9.18. The monoisotopic (exact) mass is 314 g/mol. The molecule has 124 valence electrons. The molecule has 6 heteroatoms. The van der Waals surface area contributed by atoms with E-state index in [9.17, 15) is 0 Å². The molecule has 3 heterocycles. The second-order valence-electron chi connectivity index (χ2n) is 6.48. The van der Waals surface area contributed by atoms with Gasteiger partial charge in [-0.25, -0.2) is 9.97 Å². The van der Waals surface area contributed by atoms with E-state index in [-0.39, 0.29) is 6.04 Å². The maximum atomic E-state index is 4.65. The molecule has 1 aliphatic rings. The molecule has 0 radical (unpaired) electrons. The highest BCUT2D eigenvalue weighted by atomic mass is 15.3. The van der Waals surface area contributed by atoms with Gasteiger partial charge in [0.05, 0.1) is 12.2 Å². The summed E-state index contributed by atoms with van der Waals surface area (Å²) in [7, 11) is 0. The van der Waals surface area contributed by atoms with Crippen LogP contribution in [-0.4, -0.2) is 39.4 Å². The van der Waals surface area contributed by atoms with Gasteiger partial charge >= 0.3 is 0 Å². The van der Waals surface area contributed by atoms with Gasteiger partial charge in [0.15, 0.2) is 0 Å². The molecule has 1 atom stereocenters. The summed E-state index contributed by atoms with van der Waals surface area (Å²) < 4.78 is 1.99. The number of nitrogens with one attached hydrogen (secondary N) is 2. The molecular weight excluding hydrogens is 288 g/mol. The summed E-state index contributed by atoms with van der Waals surface area (Å²) in [5.74, 6) is 2.30. The minimum atomic E-state index is 0.279. The first-order chi connectivity index (χ1) is 11.1. The molecule has 2 aromatic heterocycles. The lowest BCUT2D eigenvalue weighted by atomic mass is 9.94. The first-order valence-corrected chi connectivity index (χ1v) is 8.43. The Kier molecular flexibility index (Phi) is 4.91. The van der Waals surface area contributed by atoms with Gasteiger partial charge in [0.25, 0.3) is 0 Å². The van der Waals surface area contributed by atoms with Crippen molar-refractivity contribution in [1.82, 2.24) is 25.1 Å². The minimum Gasteiger partial charge on any atom is -0.368 e. The molecule has 1 fully saturated rings. The summed E-state index contributed by atoms with van der Waals surface area (Å²) in [6, 6.07) is 2.39. The van der Waals surface area contributed by atoms with E-state index in [2.05, 4.69) is 51.8 Å². The number of hydrogen-bond acceptors (Lipinski definition) is 5. The zero-order chi connectivity index (χ0) is 16.2. The summed E-state index contributed by atoms with van der Waals surface area (Å²) in [5.41, 5.74) is 2.35. The van der Waals surface area contributed by atoms with Crippen molar-refractivity contribution in [1.29, 1.82) is 0 Å². The predicted octanol–water partition coefficient (Wildman–Crippen LogP) is 2.43. The minimum absolute atomic E-state index is 0.279. The van der Waals surface area contributed by atoms with Crippen molar-refractivity contribution < 1.29 is 0 Å². The van der Waals surface area contributed by atoms with Crippen LogP contribution in [0.3, 0.4) is 0 Å². The number of piperidine rings is 1. The van der Waals surface area contributed by atoms with E-state index in [4.69, 9.17) is 0 Å². The van der Waals surface area contributed by atoms with E-state index in [1.807, 2.05) is 17.8 Å². The fourth-order valence-corrected chi connectivity index (χ4v) is 3.03. The Bertz CT molecular complexity index is 644. The summed E-state index contributed by atoms with van der Waals surface area (Å²) in [6.45, 7) is 9.13. The van der Waals surface area contributed by atoms with Crippen LogP contribution in [0.4, 0.5) is 5.82 Å². The van der Waals surface area contributed by atoms with Gasteiger partial charge in [0.2, 0.25) is 0 Å². The van der Waals surface area contributed by atoms with Gasteiger partial charge in [-0.15, -0.1) is 0 Å². The second kappa shape index (κ2) is 7.08. The average Bonchev–Trinajstić information content (AvgIpc) is 2.99. The normalized spacial score (nSPS) is 17.2. The van der Waals surface area contributed by atoms with Crippen molar-refractivity contribution in [2.75, 3.05) is 25.0 Å². The fourth-order valence-electron chi connectivity index (χ4n) is 3.03. The Balaban J connectivity index is 1.66. The number of nitrogens with zero attached hydrogens (tertiary/aromatic N) is 4. The number of aromatic nitrogens is 4. The zero-order valence-electron chi connectivity index (χ0n) is 14.2. The summed E-state index contributed by atoms with van der Waals surface area (Å²) >= 11 is 0. The van der Waals surface area contributed by atoms with Crippen LogP contribution >= 0.6 is 0 Å². The number of hydrogen-bond donors (Lipinski definition) is 2. The maximum absolute atomic E-state index is 4.65. The Morgan fingerprint density at radius 1 is 1.30 bits per heavy atom. The number of rotatable bonds is 5. The quantitative estimate of drug-likeness (QED) is 0.887. The summed E-state index contributed by atoms with van der Waals surface area (Å²) in [5, 5.41) is 11.2. The predicted molar refractivity (Wildman–Crippen MR) is 91.8 cm³/mol. The molecule has 0 aromatic carbocycles. The molecule has 23 heavy (non-hydrogen) atoms. The van der Waals surface area contributed by atoms with Gasteiger partial charge in [0.1, 0.15) is 11.6 Å². The average molecular weight is 314 g/mol. The SMILES string of the molecule is Cc1cnn(C(C)CNc2cc(C3CCNCC3)nc(C)n2)c1. The first-order valence-electron chi connectivity index (χ1n) is 8.43. The van der Waals surface area contributed by atoms with Crippen LogP contribution in [0.15, 0.2) is 18.5 Å². The van der Waals surface area contributed by atoms with E-state index in [1.54, 1.807) is 0 Å². The molecule has 0 aliphatic carbocycles. The third-order valence-corrected chi connectivity index (χ3v) is 4.38. The standard InChI is InChI=1S/C17H26N6/c1-12-9-20-23(11-12)13(2)10-19-17-8-16(21-14(3)22-17)15-4-6-18-7-5-15/h8-9,11,13,15,18H,4-7,10H2,1-3H3,(H,19,21,22). The smallest absolute Gasteiger partial charge is 0.130 e. The Morgan fingerprint density at radius 3 is 2.78 bits per heavy atom. The molecule has 2 N–H and O–H groups in total. The van der Waals surface area contributed by atoms with Crippen LogP contribution in [-0.2, 0) is 0 Å². The van der Waals surface area contributed by atoms with Gasteiger partial charge in [-0.2, -0.15) is 5.10 Å². The van der Waals surface area contributed by atoms with Crippen LogP contribution < -0.4 is 10.6 Å². The van der Waals surface area contributed by atoms with Crippen LogP contribution in [0.5, 0.6) is 0 Å². The van der Waals surface area contributed by atoms with Crippen LogP contribution in [0, 0.1) is 13.8 Å². The lowest BCUT2D eigenvalue weighted by Crippen LogP contribution is -2.27. The summed E-state index contributed by atoms with van der Waals surface area (Å²) in [6.07, 6.45) is 6.26. The highest BCUT2D eigenvalue weighted by molar-refractivity contribution is 5.37. The van der Waals surface area contributed by atoms with Gasteiger partial charge in [-0.3, -0.25) is 4.68 Å². The number of anilines is 1. The third-order valence-electron chi connectivity index (χ3n) is 4.38. The molecule has 6 nitrogen and oxygen atoms in total. The third kappa shape index (κ3) is 4.07. The van der Waals surface area contributed by atoms with E-state index >= 15 is 0 Å². The molecular formula is C17H26N6. The molecule has 1 unspecified atom stereocenters. The van der Waals surface area contributed by atoms with E-state index < -0.39 is 0 Å². The molecule has 0 bridgehead atoms. The van der Waals surface area contributed by atoms with Crippen molar-refractivity contribution >= 4 is 5.82 Å². The molecule has 0 spiro atoms. The van der Waals surface area contributed by atoms with Gasteiger partial charge in [-0.05, 0) is 52.3 Å². The molecule has 2 aromatic rings. The van der Waals surface area contributed by atoms with Crippen molar-refractivity contribution in [2.24, 2.45) is 0 Å². The molecule has 0 amide bonds. The molecule has 3 rings (SSSR count). The first kappa shape index (κ1) is 15.9. The van der Waals surface area contributed by atoms with Gasteiger partial charge in [0, 0.05) is 30.4 Å². The molecule has 0 saturated carbocycles. The zero-order valence-corrected chi connectivity index (χ0v) is 14.2. The lowest BCUT2D eigenvalue weighted by Gasteiger charge is -2.23. The van der Waals surface area contributed by atoms with Crippen molar-refractivity contribution in [3.05, 3.63) is 35.5 Å². The van der Waals surface area contributed by atoms with Crippen LogP contribution in [0.1, 0.15) is 48.8 Å². The number of aryl methyl sites for hydroxylation is 2. The Morgan fingerprint density at radius 2 is 2.09 bits per heavy atom. The van der Waals surface area contributed by atoms with Crippen LogP contribution in [0.2, 0.25) is 0 Å².